The number of nitrogens with zero attached hydrogens (tertiary/aromatic N) is 1. The highest BCUT2D eigenvalue weighted by molar-refractivity contribution is 6.32. The van der Waals surface area contributed by atoms with Crippen molar-refractivity contribution < 1.29 is 14.6 Å². The highest BCUT2D eigenvalue weighted by Gasteiger charge is 2.15. The number of aromatic hydroxyl groups is 1. The summed E-state index contributed by atoms with van der Waals surface area (Å²) >= 11 is 6.21. The molecule has 5 nitrogen and oxygen atoms in total. The molecule has 0 amide bonds. The van der Waals surface area contributed by atoms with Crippen molar-refractivity contribution >= 4 is 11.6 Å². The number of hydrogen-bond acceptors (Lipinski definition) is 4. The van der Waals surface area contributed by atoms with Gasteiger partial charge >= 0.3 is 0 Å². The number of phenols is 1. The summed E-state index contributed by atoms with van der Waals surface area (Å²) in [6, 6.07) is 8.92. The number of benzene rings is 2. The van der Waals surface area contributed by atoms with Gasteiger partial charge in [-0.05, 0) is 55.7 Å². The summed E-state index contributed by atoms with van der Waals surface area (Å²) in [5.74, 6) is 1.90. The first-order chi connectivity index (χ1) is 12.5. The fourth-order valence-corrected chi connectivity index (χ4v) is 2.78. The normalized spacial score (nSPS) is 10.8. The van der Waals surface area contributed by atoms with Gasteiger partial charge in [0.15, 0.2) is 5.75 Å². The van der Waals surface area contributed by atoms with Crippen LogP contribution in [0.5, 0.6) is 23.0 Å². The number of aromatic nitrogens is 2. The number of aryl methyl sites for hydroxylation is 2. The van der Waals surface area contributed by atoms with Crippen LogP contribution in [-0.4, -0.2) is 21.9 Å². The maximum absolute atomic E-state index is 10.4. The van der Waals surface area contributed by atoms with E-state index in [0.717, 1.165) is 22.6 Å². The molecule has 1 aromatic heterocycles. The SMILES string of the molecule is CCCOc1ccc(-c2[nH]ncc2Oc2cc(C)c(Cl)c(C)c2)c(O)c1. The maximum atomic E-state index is 10.4. The molecule has 2 aromatic carbocycles. The van der Waals surface area contributed by atoms with Crippen LogP contribution in [0.1, 0.15) is 24.5 Å². The van der Waals surface area contributed by atoms with Gasteiger partial charge in [0.1, 0.15) is 22.9 Å². The van der Waals surface area contributed by atoms with E-state index in [-0.39, 0.29) is 5.75 Å². The Labute approximate surface area is 157 Å². The van der Waals surface area contributed by atoms with Gasteiger partial charge in [0.2, 0.25) is 0 Å². The van der Waals surface area contributed by atoms with Crippen molar-refractivity contribution in [1.82, 2.24) is 10.2 Å². The minimum absolute atomic E-state index is 0.0937. The molecule has 0 aliphatic heterocycles. The van der Waals surface area contributed by atoms with Crippen LogP contribution in [0.4, 0.5) is 0 Å². The quantitative estimate of drug-likeness (QED) is 0.588. The molecule has 136 valence electrons. The number of nitrogens with one attached hydrogen (secondary N) is 1. The monoisotopic (exact) mass is 372 g/mol. The van der Waals surface area contributed by atoms with Crippen LogP contribution in [0.15, 0.2) is 36.5 Å². The average Bonchev–Trinajstić information content (AvgIpc) is 3.05. The average molecular weight is 373 g/mol. The Bertz CT molecular complexity index is 898. The molecule has 2 N–H and O–H groups in total. The molecule has 0 saturated carbocycles. The number of halogens is 1. The number of rotatable bonds is 6. The summed E-state index contributed by atoms with van der Waals surface area (Å²) in [7, 11) is 0. The summed E-state index contributed by atoms with van der Waals surface area (Å²) < 4.78 is 11.5. The van der Waals surface area contributed by atoms with E-state index in [1.54, 1.807) is 18.3 Å². The van der Waals surface area contributed by atoms with E-state index in [1.807, 2.05) is 39.0 Å². The maximum Gasteiger partial charge on any atom is 0.173 e. The van der Waals surface area contributed by atoms with E-state index in [9.17, 15) is 5.11 Å². The van der Waals surface area contributed by atoms with E-state index < -0.39 is 0 Å². The molecule has 0 aliphatic carbocycles. The second-order valence-corrected chi connectivity index (χ2v) is 6.49. The highest BCUT2D eigenvalue weighted by Crippen LogP contribution is 2.38. The molecular weight excluding hydrogens is 352 g/mol. The van der Waals surface area contributed by atoms with Crippen LogP contribution < -0.4 is 9.47 Å². The van der Waals surface area contributed by atoms with Crippen LogP contribution in [-0.2, 0) is 0 Å². The van der Waals surface area contributed by atoms with Gasteiger partial charge < -0.3 is 14.6 Å². The Kier molecular flexibility index (Phi) is 5.38. The lowest BCUT2D eigenvalue weighted by atomic mass is 10.1. The van der Waals surface area contributed by atoms with E-state index in [1.165, 1.54) is 0 Å². The number of ether oxygens (including phenoxy) is 2. The summed E-state index contributed by atoms with van der Waals surface area (Å²) in [4.78, 5) is 0. The molecule has 0 aliphatic rings. The smallest absolute Gasteiger partial charge is 0.173 e. The van der Waals surface area contributed by atoms with Gasteiger partial charge in [0.25, 0.3) is 0 Å². The van der Waals surface area contributed by atoms with Crippen LogP contribution in [0, 0.1) is 13.8 Å². The molecule has 0 unspecified atom stereocenters. The van der Waals surface area contributed by atoms with Crippen LogP contribution in [0.25, 0.3) is 11.3 Å². The zero-order valence-electron chi connectivity index (χ0n) is 15.0. The molecule has 0 atom stereocenters. The third kappa shape index (κ3) is 3.78. The van der Waals surface area contributed by atoms with Crippen molar-refractivity contribution in [2.75, 3.05) is 6.61 Å². The predicted molar refractivity (Wildman–Crippen MR) is 102 cm³/mol. The first kappa shape index (κ1) is 18.1. The zero-order valence-corrected chi connectivity index (χ0v) is 15.7. The van der Waals surface area contributed by atoms with Gasteiger partial charge in [0, 0.05) is 16.7 Å². The largest absolute Gasteiger partial charge is 0.507 e. The lowest BCUT2D eigenvalue weighted by Gasteiger charge is -2.11. The first-order valence-corrected chi connectivity index (χ1v) is 8.81. The van der Waals surface area contributed by atoms with Crippen molar-refractivity contribution in [2.45, 2.75) is 27.2 Å². The second kappa shape index (κ2) is 7.70. The molecule has 3 rings (SSSR count). The molecule has 6 heteroatoms. The van der Waals surface area contributed by atoms with Gasteiger partial charge in [-0.15, -0.1) is 0 Å². The van der Waals surface area contributed by atoms with Crippen molar-refractivity contribution in [3.8, 4) is 34.3 Å². The molecule has 0 fully saturated rings. The minimum atomic E-state index is 0.0937. The molecule has 0 spiro atoms. The number of H-pyrrole nitrogens is 1. The molecule has 0 bridgehead atoms. The summed E-state index contributed by atoms with van der Waals surface area (Å²) in [5, 5.41) is 18.0. The lowest BCUT2D eigenvalue weighted by molar-refractivity contribution is 0.315. The fourth-order valence-electron chi connectivity index (χ4n) is 2.67. The molecule has 0 saturated heterocycles. The third-order valence-corrected chi connectivity index (χ3v) is 4.55. The predicted octanol–water partition coefficient (Wildman–Crippen LogP) is 5.63. The third-order valence-electron chi connectivity index (χ3n) is 3.95. The van der Waals surface area contributed by atoms with Crippen LogP contribution in [0.3, 0.4) is 0 Å². The van der Waals surface area contributed by atoms with E-state index in [4.69, 9.17) is 21.1 Å². The Balaban J connectivity index is 1.89. The minimum Gasteiger partial charge on any atom is -0.507 e. The number of phenolic OH excluding ortho intramolecular Hbond substituents is 1. The Morgan fingerprint density at radius 2 is 1.85 bits per heavy atom. The van der Waals surface area contributed by atoms with Crippen molar-refractivity contribution in [2.24, 2.45) is 0 Å². The summed E-state index contributed by atoms with van der Waals surface area (Å²) in [5.41, 5.74) is 3.05. The lowest BCUT2D eigenvalue weighted by Crippen LogP contribution is -1.95. The van der Waals surface area contributed by atoms with Gasteiger partial charge in [-0.25, -0.2) is 0 Å². The summed E-state index contributed by atoms with van der Waals surface area (Å²) in [6.07, 6.45) is 2.48. The summed E-state index contributed by atoms with van der Waals surface area (Å²) in [6.45, 7) is 6.49. The van der Waals surface area contributed by atoms with E-state index >= 15 is 0 Å². The van der Waals surface area contributed by atoms with Crippen molar-refractivity contribution in [3.63, 3.8) is 0 Å². The molecule has 1 heterocycles. The van der Waals surface area contributed by atoms with Crippen LogP contribution in [0.2, 0.25) is 5.02 Å². The molecule has 0 radical (unpaired) electrons. The van der Waals surface area contributed by atoms with Crippen molar-refractivity contribution in [1.29, 1.82) is 0 Å². The number of hydrogen-bond donors (Lipinski definition) is 2. The van der Waals surface area contributed by atoms with Gasteiger partial charge in [-0.3, -0.25) is 5.10 Å². The van der Waals surface area contributed by atoms with Crippen molar-refractivity contribution in [3.05, 3.63) is 52.7 Å². The Morgan fingerprint density at radius 3 is 2.50 bits per heavy atom. The zero-order chi connectivity index (χ0) is 18.7. The highest BCUT2D eigenvalue weighted by atomic mass is 35.5. The van der Waals surface area contributed by atoms with Gasteiger partial charge in [-0.2, -0.15) is 5.10 Å². The Hall–Kier alpha value is -2.66. The van der Waals surface area contributed by atoms with E-state index in [2.05, 4.69) is 10.2 Å². The Morgan fingerprint density at radius 1 is 1.12 bits per heavy atom. The number of aromatic amines is 1. The first-order valence-electron chi connectivity index (χ1n) is 8.43. The standard InChI is InChI=1S/C20H21ClN2O3/c1-4-7-25-14-5-6-16(17(24)10-14)20-18(11-22-23-20)26-15-8-12(2)19(21)13(3)9-15/h5-6,8-11,24H,4,7H2,1-3H3,(H,22,23). The van der Waals surface area contributed by atoms with E-state index in [0.29, 0.717) is 35.1 Å². The van der Waals surface area contributed by atoms with Gasteiger partial charge in [0.05, 0.1) is 12.8 Å². The molecule has 26 heavy (non-hydrogen) atoms. The second-order valence-electron chi connectivity index (χ2n) is 6.11. The molecule has 3 aromatic rings. The molecular formula is C20H21ClN2O3. The fraction of sp³-hybridized carbons (Fsp3) is 0.250. The topological polar surface area (TPSA) is 67.4 Å². The van der Waals surface area contributed by atoms with Gasteiger partial charge in [-0.1, -0.05) is 18.5 Å². The van der Waals surface area contributed by atoms with Crippen LogP contribution >= 0.6 is 11.6 Å².